The van der Waals surface area contributed by atoms with Crippen LogP contribution < -0.4 is 0 Å². The average molecular weight is 94.1 g/mol. The Hall–Kier alpha value is -1.06. The number of hydrogen-bond acceptors (Lipinski definition) is 3. The summed E-state index contributed by atoms with van der Waals surface area (Å²) < 4.78 is 4.49. The smallest absolute Gasteiger partial charge is 0.185 e. The van der Waals surface area contributed by atoms with E-state index in [2.05, 4.69) is 4.74 Å². The molecular formula is C4H2N2O. The fraction of sp³-hybridized carbons (Fsp3) is 0.500. The number of hydrogen-bond donors (Lipinski definition) is 0. The van der Waals surface area contributed by atoms with Crippen molar-refractivity contribution in [1.29, 1.82) is 10.5 Å². The molecule has 1 fully saturated rings. The Morgan fingerprint density at radius 3 is 1.71 bits per heavy atom. The van der Waals surface area contributed by atoms with Crippen LogP contribution in [0.4, 0.5) is 0 Å². The summed E-state index contributed by atoms with van der Waals surface area (Å²) in [6, 6.07) is 3.59. The minimum Gasteiger partial charge on any atom is -0.337 e. The van der Waals surface area contributed by atoms with Gasteiger partial charge in [-0.25, -0.2) is 0 Å². The maximum Gasteiger partial charge on any atom is 0.185 e. The lowest BCUT2D eigenvalue weighted by Gasteiger charge is -1.54. The molecule has 0 spiro atoms. The molecule has 0 radical (unpaired) electrons. The van der Waals surface area contributed by atoms with Gasteiger partial charge in [-0.3, -0.25) is 0 Å². The fourth-order valence-corrected chi connectivity index (χ4v) is 0.309. The van der Waals surface area contributed by atoms with Crippen LogP contribution in [0.1, 0.15) is 0 Å². The third kappa shape index (κ3) is 0.534. The Labute approximate surface area is 40.7 Å². The summed E-state index contributed by atoms with van der Waals surface area (Å²) in [5.74, 6) is 0. The quantitative estimate of drug-likeness (QED) is 0.390. The van der Waals surface area contributed by atoms with Gasteiger partial charge in [0.2, 0.25) is 0 Å². The van der Waals surface area contributed by atoms with E-state index in [1.54, 1.807) is 12.1 Å². The lowest BCUT2D eigenvalue weighted by Crippen LogP contribution is -1.82. The van der Waals surface area contributed by atoms with Gasteiger partial charge in [0.1, 0.15) is 0 Å². The normalized spacial score (nSPS) is 35.7. The number of nitriles is 2. The molecule has 0 aromatic heterocycles. The zero-order valence-electron chi connectivity index (χ0n) is 3.46. The molecule has 2 atom stereocenters. The molecule has 0 N–H and O–H groups in total. The highest BCUT2D eigenvalue weighted by Gasteiger charge is 2.39. The minimum atomic E-state index is -0.440. The van der Waals surface area contributed by atoms with Crippen LogP contribution in [0.15, 0.2) is 0 Å². The van der Waals surface area contributed by atoms with Gasteiger partial charge in [-0.15, -0.1) is 0 Å². The van der Waals surface area contributed by atoms with E-state index in [0.29, 0.717) is 0 Å². The summed E-state index contributed by atoms with van der Waals surface area (Å²) in [5, 5.41) is 16.0. The first-order chi connectivity index (χ1) is 3.38. The van der Waals surface area contributed by atoms with Crippen LogP contribution in [0.3, 0.4) is 0 Å². The lowest BCUT2D eigenvalue weighted by molar-refractivity contribution is 0.419. The molecule has 1 saturated heterocycles. The molecule has 3 heteroatoms. The van der Waals surface area contributed by atoms with Crippen molar-refractivity contribution in [2.45, 2.75) is 12.2 Å². The summed E-state index contributed by atoms with van der Waals surface area (Å²) in [6.45, 7) is 0. The van der Waals surface area contributed by atoms with Crippen molar-refractivity contribution >= 4 is 0 Å². The van der Waals surface area contributed by atoms with Crippen molar-refractivity contribution in [3.8, 4) is 12.1 Å². The van der Waals surface area contributed by atoms with Crippen LogP contribution in [0.2, 0.25) is 0 Å². The van der Waals surface area contributed by atoms with Crippen molar-refractivity contribution in [2.75, 3.05) is 0 Å². The van der Waals surface area contributed by atoms with Crippen LogP contribution in [0.5, 0.6) is 0 Å². The van der Waals surface area contributed by atoms with Gasteiger partial charge in [-0.1, -0.05) is 0 Å². The molecule has 1 aliphatic heterocycles. The predicted molar refractivity (Wildman–Crippen MR) is 19.9 cm³/mol. The van der Waals surface area contributed by atoms with Crippen LogP contribution in [-0.4, -0.2) is 12.2 Å². The number of rotatable bonds is 0. The van der Waals surface area contributed by atoms with Gasteiger partial charge in [0.05, 0.1) is 12.1 Å². The molecule has 2 unspecified atom stereocenters. The number of ether oxygens (including phenoxy) is 1. The van der Waals surface area contributed by atoms with E-state index in [9.17, 15) is 0 Å². The second-order valence-corrected chi connectivity index (χ2v) is 1.24. The molecular weight excluding hydrogens is 92.1 g/mol. The Morgan fingerprint density at radius 1 is 1.14 bits per heavy atom. The third-order valence-corrected chi connectivity index (χ3v) is 0.746. The van der Waals surface area contributed by atoms with E-state index < -0.39 is 12.2 Å². The molecule has 1 heterocycles. The maximum absolute atomic E-state index is 7.98. The molecule has 34 valence electrons. The molecule has 0 aliphatic carbocycles. The molecule has 0 saturated carbocycles. The van der Waals surface area contributed by atoms with Gasteiger partial charge in [-0.2, -0.15) is 10.5 Å². The largest absolute Gasteiger partial charge is 0.337 e. The second-order valence-electron chi connectivity index (χ2n) is 1.24. The van der Waals surface area contributed by atoms with Crippen molar-refractivity contribution in [3.05, 3.63) is 0 Å². The summed E-state index contributed by atoms with van der Waals surface area (Å²) >= 11 is 0. The zero-order chi connectivity index (χ0) is 5.28. The van der Waals surface area contributed by atoms with Gasteiger partial charge >= 0.3 is 0 Å². The van der Waals surface area contributed by atoms with Crippen molar-refractivity contribution in [1.82, 2.24) is 0 Å². The first-order valence-electron chi connectivity index (χ1n) is 1.83. The van der Waals surface area contributed by atoms with E-state index in [1.165, 1.54) is 0 Å². The van der Waals surface area contributed by atoms with Gasteiger partial charge in [0, 0.05) is 0 Å². The van der Waals surface area contributed by atoms with Gasteiger partial charge in [0.25, 0.3) is 0 Å². The maximum atomic E-state index is 7.98. The third-order valence-electron chi connectivity index (χ3n) is 0.746. The van der Waals surface area contributed by atoms with Crippen LogP contribution in [-0.2, 0) is 4.74 Å². The van der Waals surface area contributed by atoms with Gasteiger partial charge in [0.15, 0.2) is 12.2 Å². The molecule has 1 aliphatic rings. The summed E-state index contributed by atoms with van der Waals surface area (Å²) in [5.41, 5.74) is 0. The van der Waals surface area contributed by atoms with Crippen molar-refractivity contribution < 1.29 is 4.74 Å². The predicted octanol–water partition coefficient (Wildman–Crippen LogP) is -0.199. The number of nitrogens with zero attached hydrogens (tertiary/aromatic N) is 2. The zero-order valence-corrected chi connectivity index (χ0v) is 3.46. The van der Waals surface area contributed by atoms with Gasteiger partial charge in [-0.05, 0) is 0 Å². The summed E-state index contributed by atoms with van der Waals surface area (Å²) in [6.07, 6.45) is -0.880. The Bertz CT molecular complexity index is 134. The molecule has 0 amide bonds. The second kappa shape index (κ2) is 1.22. The SMILES string of the molecule is N#CC1OC1C#N. The van der Waals surface area contributed by atoms with Crippen LogP contribution >= 0.6 is 0 Å². The van der Waals surface area contributed by atoms with E-state index >= 15 is 0 Å². The first kappa shape index (κ1) is 4.11. The van der Waals surface area contributed by atoms with E-state index in [0.717, 1.165) is 0 Å². The van der Waals surface area contributed by atoms with Gasteiger partial charge < -0.3 is 4.74 Å². The van der Waals surface area contributed by atoms with Crippen molar-refractivity contribution in [2.24, 2.45) is 0 Å². The Kier molecular flexibility index (Phi) is 0.714. The Balaban J connectivity index is 2.39. The fourth-order valence-electron chi connectivity index (χ4n) is 0.309. The standard InChI is InChI=1S/C4H2N2O/c5-1-3-4(2-6)7-3/h3-4H. The minimum absolute atomic E-state index is 0.440. The molecule has 0 bridgehead atoms. The molecule has 0 aromatic rings. The lowest BCUT2D eigenvalue weighted by atomic mass is 10.4. The van der Waals surface area contributed by atoms with E-state index in [1.807, 2.05) is 0 Å². The number of epoxide rings is 1. The van der Waals surface area contributed by atoms with Crippen LogP contribution in [0.25, 0.3) is 0 Å². The topological polar surface area (TPSA) is 60.1 Å². The first-order valence-corrected chi connectivity index (χ1v) is 1.83. The highest BCUT2D eigenvalue weighted by Crippen LogP contribution is 2.18. The monoisotopic (exact) mass is 94.0 g/mol. The highest BCUT2D eigenvalue weighted by atomic mass is 16.6. The summed E-state index contributed by atoms with van der Waals surface area (Å²) in [4.78, 5) is 0. The molecule has 0 aromatic carbocycles. The van der Waals surface area contributed by atoms with E-state index in [4.69, 9.17) is 10.5 Å². The van der Waals surface area contributed by atoms with E-state index in [-0.39, 0.29) is 0 Å². The highest BCUT2D eigenvalue weighted by molar-refractivity contribution is 5.12. The molecule has 3 nitrogen and oxygen atoms in total. The summed E-state index contributed by atoms with van der Waals surface area (Å²) in [7, 11) is 0. The molecule has 7 heavy (non-hydrogen) atoms. The molecule has 1 rings (SSSR count). The van der Waals surface area contributed by atoms with Crippen molar-refractivity contribution in [3.63, 3.8) is 0 Å². The average Bonchev–Trinajstić information content (AvgIpc) is 2.43. The Morgan fingerprint density at radius 2 is 1.57 bits per heavy atom. The van der Waals surface area contributed by atoms with Crippen LogP contribution in [0, 0.1) is 22.7 Å².